The predicted octanol–water partition coefficient (Wildman–Crippen LogP) is 3.06. The van der Waals surface area contributed by atoms with Crippen molar-refractivity contribution in [2.75, 3.05) is 13.1 Å². The summed E-state index contributed by atoms with van der Waals surface area (Å²) in [5.41, 5.74) is 0. The third-order valence-electron chi connectivity index (χ3n) is 4.08. The lowest BCUT2D eigenvalue weighted by atomic mass is 9.95. The van der Waals surface area contributed by atoms with E-state index < -0.39 is 10.0 Å². The molecular weight excluding hydrogens is 304 g/mol. The summed E-state index contributed by atoms with van der Waals surface area (Å²) in [7, 11) is -3.36. The Bertz CT molecular complexity index is 554. The highest BCUT2D eigenvalue weighted by Crippen LogP contribution is 2.31. The number of rotatable bonds is 6. The maximum atomic E-state index is 12.9. The van der Waals surface area contributed by atoms with Crippen LogP contribution >= 0.6 is 11.3 Å². The van der Waals surface area contributed by atoms with Gasteiger partial charge in [0.2, 0.25) is 10.0 Å². The summed E-state index contributed by atoms with van der Waals surface area (Å²) >= 11 is 1.52. The summed E-state index contributed by atoms with van der Waals surface area (Å²) in [5, 5.41) is 5.18. The molecule has 0 saturated carbocycles. The van der Waals surface area contributed by atoms with Crippen molar-refractivity contribution in [2.24, 2.45) is 5.92 Å². The van der Waals surface area contributed by atoms with Crippen LogP contribution in [0.25, 0.3) is 0 Å². The molecule has 2 atom stereocenters. The largest absolute Gasteiger partial charge is 0.312 e. The van der Waals surface area contributed by atoms with Crippen molar-refractivity contribution in [3.63, 3.8) is 0 Å². The van der Waals surface area contributed by atoms with Crippen LogP contribution in [0, 0.1) is 5.92 Å². The Morgan fingerprint density at radius 3 is 2.86 bits per heavy atom. The van der Waals surface area contributed by atoms with Crippen LogP contribution in [0.2, 0.25) is 0 Å². The normalized spacial score (nSPS) is 24.3. The summed E-state index contributed by atoms with van der Waals surface area (Å²) in [5.74, 6) is 0.611. The van der Waals surface area contributed by atoms with E-state index in [1.54, 1.807) is 10.4 Å². The average Bonchev–Trinajstić information content (AvgIpc) is 2.87. The molecule has 1 N–H and O–H groups in total. The molecule has 1 aliphatic heterocycles. The second-order valence-electron chi connectivity index (χ2n) is 5.98. The lowest BCUT2D eigenvalue weighted by molar-refractivity contribution is 0.220. The van der Waals surface area contributed by atoms with Crippen molar-refractivity contribution in [3.8, 4) is 0 Å². The Morgan fingerprint density at radius 1 is 1.43 bits per heavy atom. The standard InChI is InChI=1S/C15H26N2O2S2/c1-4-7-16-11-14-15(6-9-20-14)21(18,19)17-8-5-12(2)10-13(17)3/h6,9,12-13,16H,4-5,7-8,10-11H2,1-3H3. The molecule has 2 rings (SSSR count). The van der Waals surface area contributed by atoms with Gasteiger partial charge in [-0.25, -0.2) is 8.42 Å². The smallest absolute Gasteiger partial charge is 0.244 e. The van der Waals surface area contributed by atoms with E-state index in [2.05, 4.69) is 19.2 Å². The van der Waals surface area contributed by atoms with Crippen LogP contribution in [-0.4, -0.2) is 31.9 Å². The van der Waals surface area contributed by atoms with Crippen molar-refractivity contribution in [3.05, 3.63) is 16.3 Å². The van der Waals surface area contributed by atoms with E-state index in [0.29, 0.717) is 23.9 Å². The molecule has 120 valence electrons. The number of thiophene rings is 1. The summed E-state index contributed by atoms with van der Waals surface area (Å²) in [4.78, 5) is 1.42. The topological polar surface area (TPSA) is 49.4 Å². The maximum absolute atomic E-state index is 12.9. The Hall–Kier alpha value is -0.430. The lowest BCUT2D eigenvalue weighted by Gasteiger charge is -2.35. The SMILES string of the molecule is CCCNCc1sccc1S(=O)(=O)N1CCC(C)CC1C. The highest BCUT2D eigenvalue weighted by molar-refractivity contribution is 7.89. The monoisotopic (exact) mass is 330 g/mol. The average molecular weight is 331 g/mol. The van der Waals surface area contributed by atoms with Gasteiger partial charge < -0.3 is 5.32 Å². The van der Waals surface area contributed by atoms with Gasteiger partial charge in [0.05, 0.1) is 4.90 Å². The minimum atomic E-state index is -3.36. The van der Waals surface area contributed by atoms with E-state index in [1.165, 1.54) is 11.3 Å². The van der Waals surface area contributed by atoms with Crippen LogP contribution in [0.15, 0.2) is 16.3 Å². The lowest BCUT2D eigenvalue weighted by Crippen LogP contribution is -2.44. The van der Waals surface area contributed by atoms with Gasteiger partial charge in [-0.1, -0.05) is 13.8 Å². The zero-order valence-electron chi connectivity index (χ0n) is 13.1. The van der Waals surface area contributed by atoms with Gasteiger partial charge in [0.1, 0.15) is 0 Å². The Kier molecular flexibility index (Phi) is 5.82. The molecule has 1 aromatic rings. The van der Waals surface area contributed by atoms with Crippen LogP contribution in [0.5, 0.6) is 0 Å². The number of nitrogens with zero attached hydrogens (tertiary/aromatic N) is 1. The molecule has 0 bridgehead atoms. The number of piperidine rings is 1. The fraction of sp³-hybridized carbons (Fsp3) is 0.733. The molecule has 0 amide bonds. The van der Waals surface area contributed by atoms with Crippen LogP contribution in [-0.2, 0) is 16.6 Å². The molecule has 1 saturated heterocycles. The maximum Gasteiger partial charge on any atom is 0.244 e. The molecule has 2 unspecified atom stereocenters. The quantitative estimate of drug-likeness (QED) is 0.816. The molecule has 1 aromatic heterocycles. The molecule has 4 nitrogen and oxygen atoms in total. The highest BCUT2D eigenvalue weighted by Gasteiger charge is 2.34. The number of sulfonamides is 1. The molecular formula is C15H26N2O2S2. The number of hydrogen-bond acceptors (Lipinski definition) is 4. The van der Waals surface area contributed by atoms with Crippen LogP contribution < -0.4 is 5.32 Å². The third-order valence-corrected chi connectivity index (χ3v) is 7.23. The van der Waals surface area contributed by atoms with Gasteiger partial charge >= 0.3 is 0 Å². The molecule has 0 spiro atoms. The molecule has 21 heavy (non-hydrogen) atoms. The van der Waals surface area contributed by atoms with E-state index >= 15 is 0 Å². The number of hydrogen-bond donors (Lipinski definition) is 1. The molecule has 0 radical (unpaired) electrons. The zero-order chi connectivity index (χ0) is 15.5. The molecule has 0 aliphatic carbocycles. The predicted molar refractivity (Wildman–Crippen MR) is 88.1 cm³/mol. The summed E-state index contributed by atoms with van der Waals surface area (Å²) in [6.45, 7) is 8.52. The van der Waals surface area contributed by atoms with Crippen molar-refractivity contribution in [2.45, 2.75) is 57.5 Å². The molecule has 2 heterocycles. The van der Waals surface area contributed by atoms with Crippen LogP contribution in [0.4, 0.5) is 0 Å². The summed E-state index contributed by atoms with van der Waals surface area (Å²) in [6.07, 6.45) is 2.96. The van der Waals surface area contributed by atoms with Crippen molar-refractivity contribution in [1.29, 1.82) is 0 Å². The minimum Gasteiger partial charge on any atom is -0.312 e. The van der Waals surface area contributed by atoms with E-state index in [-0.39, 0.29) is 6.04 Å². The van der Waals surface area contributed by atoms with E-state index in [0.717, 1.165) is 30.7 Å². The Balaban J connectivity index is 2.18. The third kappa shape index (κ3) is 3.86. The van der Waals surface area contributed by atoms with Gasteiger partial charge in [0.25, 0.3) is 0 Å². The van der Waals surface area contributed by atoms with Gasteiger partial charge in [0, 0.05) is 24.0 Å². The van der Waals surface area contributed by atoms with Gasteiger partial charge in [-0.05, 0) is 50.1 Å². The van der Waals surface area contributed by atoms with E-state index in [4.69, 9.17) is 0 Å². The van der Waals surface area contributed by atoms with Gasteiger partial charge in [-0.3, -0.25) is 0 Å². The van der Waals surface area contributed by atoms with Crippen LogP contribution in [0.1, 0.15) is 44.9 Å². The fourth-order valence-corrected chi connectivity index (χ4v) is 5.98. The summed E-state index contributed by atoms with van der Waals surface area (Å²) in [6, 6.07) is 1.85. The second-order valence-corrected chi connectivity index (χ2v) is 8.84. The van der Waals surface area contributed by atoms with Gasteiger partial charge in [-0.15, -0.1) is 11.3 Å². The Morgan fingerprint density at radius 2 is 2.19 bits per heavy atom. The minimum absolute atomic E-state index is 0.0927. The van der Waals surface area contributed by atoms with E-state index in [9.17, 15) is 8.42 Å². The zero-order valence-corrected chi connectivity index (χ0v) is 14.8. The molecule has 6 heteroatoms. The molecule has 1 aliphatic rings. The molecule has 1 fully saturated rings. The van der Waals surface area contributed by atoms with Crippen molar-refractivity contribution >= 4 is 21.4 Å². The van der Waals surface area contributed by atoms with Crippen molar-refractivity contribution in [1.82, 2.24) is 9.62 Å². The fourth-order valence-electron chi connectivity index (χ4n) is 2.94. The first-order valence-corrected chi connectivity index (χ1v) is 10.1. The second kappa shape index (κ2) is 7.22. The first kappa shape index (κ1) is 16.9. The van der Waals surface area contributed by atoms with Gasteiger partial charge in [-0.2, -0.15) is 4.31 Å². The van der Waals surface area contributed by atoms with Crippen LogP contribution in [0.3, 0.4) is 0 Å². The van der Waals surface area contributed by atoms with Crippen molar-refractivity contribution < 1.29 is 8.42 Å². The van der Waals surface area contributed by atoms with Gasteiger partial charge in [0.15, 0.2) is 0 Å². The Labute approximate surface area is 132 Å². The number of nitrogens with one attached hydrogen (secondary N) is 1. The molecule has 0 aromatic carbocycles. The van der Waals surface area contributed by atoms with E-state index in [1.807, 2.05) is 12.3 Å². The summed E-state index contributed by atoms with van der Waals surface area (Å²) < 4.78 is 27.5. The first-order chi connectivity index (χ1) is 9.96. The highest BCUT2D eigenvalue weighted by atomic mass is 32.2. The first-order valence-electron chi connectivity index (χ1n) is 7.75.